The monoisotopic (exact) mass is 274 g/mol. The fraction of sp³-hybridized carbons (Fsp3) is 0.143. The molecule has 19 heavy (non-hydrogen) atoms. The van der Waals surface area contributed by atoms with E-state index in [0.29, 0.717) is 11.7 Å². The second-order valence-electron chi connectivity index (χ2n) is 3.92. The van der Waals surface area contributed by atoms with Crippen molar-refractivity contribution in [1.29, 1.82) is 0 Å². The van der Waals surface area contributed by atoms with Gasteiger partial charge in [0.05, 0.1) is 7.11 Å². The largest absolute Gasteiger partial charge is 0.497 e. The third-order valence-electron chi connectivity index (χ3n) is 2.56. The standard InChI is InChI=1S/C14H15N3OS/c1-18-13-7-5-11(6-8-13)17-14(19)16-10-12-4-2-3-9-15-12/h2-9H,10H2,1H3,(H2,16,17,19)/p+1. The number of methoxy groups -OCH3 is 1. The maximum Gasteiger partial charge on any atom is 0.198 e. The van der Waals surface area contributed by atoms with Crippen LogP contribution in [0, 0.1) is 0 Å². The predicted molar refractivity (Wildman–Crippen MR) is 79.1 cm³/mol. The molecule has 0 amide bonds. The number of benzene rings is 1. The first kappa shape index (κ1) is 13.3. The molecule has 0 spiro atoms. The summed E-state index contributed by atoms with van der Waals surface area (Å²) in [4.78, 5) is 3.14. The van der Waals surface area contributed by atoms with Crippen molar-refractivity contribution in [3.63, 3.8) is 0 Å². The van der Waals surface area contributed by atoms with Gasteiger partial charge in [0.2, 0.25) is 0 Å². The Balaban J connectivity index is 1.83. The first-order valence-corrected chi connectivity index (χ1v) is 6.33. The summed E-state index contributed by atoms with van der Waals surface area (Å²) in [6, 6.07) is 13.5. The van der Waals surface area contributed by atoms with Crippen molar-refractivity contribution in [3.8, 4) is 5.75 Å². The van der Waals surface area contributed by atoms with E-state index < -0.39 is 0 Å². The van der Waals surface area contributed by atoms with Gasteiger partial charge in [-0.15, -0.1) is 0 Å². The Bertz CT molecular complexity index is 528. The molecular weight excluding hydrogens is 258 g/mol. The summed E-state index contributed by atoms with van der Waals surface area (Å²) >= 11 is 5.23. The highest BCUT2D eigenvalue weighted by atomic mass is 32.1. The normalized spacial score (nSPS) is 9.74. The second kappa shape index (κ2) is 6.70. The molecular formula is C14H16N3OS+. The van der Waals surface area contributed by atoms with Gasteiger partial charge < -0.3 is 15.4 Å². The Morgan fingerprint density at radius 3 is 2.63 bits per heavy atom. The fourth-order valence-corrected chi connectivity index (χ4v) is 1.76. The van der Waals surface area contributed by atoms with E-state index in [1.807, 2.05) is 48.7 Å². The van der Waals surface area contributed by atoms with Crippen LogP contribution in [-0.4, -0.2) is 12.2 Å². The Labute approximate surface area is 117 Å². The smallest absolute Gasteiger partial charge is 0.198 e. The van der Waals surface area contributed by atoms with Crippen molar-refractivity contribution < 1.29 is 9.72 Å². The lowest BCUT2D eigenvalue weighted by Crippen LogP contribution is -2.30. The molecule has 0 aliphatic heterocycles. The van der Waals surface area contributed by atoms with Crippen LogP contribution in [-0.2, 0) is 6.54 Å². The van der Waals surface area contributed by atoms with Gasteiger partial charge in [-0.05, 0) is 36.5 Å². The van der Waals surface area contributed by atoms with E-state index in [-0.39, 0.29) is 0 Å². The number of anilines is 1. The number of hydrogen-bond acceptors (Lipinski definition) is 2. The minimum atomic E-state index is 0.586. The lowest BCUT2D eigenvalue weighted by atomic mass is 10.3. The molecule has 0 aliphatic rings. The number of H-pyrrole nitrogens is 1. The Morgan fingerprint density at radius 2 is 2.00 bits per heavy atom. The molecule has 1 heterocycles. The average Bonchev–Trinajstić information content (AvgIpc) is 2.47. The van der Waals surface area contributed by atoms with Crippen LogP contribution < -0.4 is 20.4 Å². The molecule has 2 rings (SSSR count). The van der Waals surface area contributed by atoms with E-state index in [9.17, 15) is 0 Å². The van der Waals surface area contributed by atoms with Gasteiger partial charge in [0.25, 0.3) is 0 Å². The summed E-state index contributed by atoms with van der Waals surface area (Å²) in [7, 11) is 1.64. The first-order valence-electron chi connectivity index (χ1n) is 5.92. The van der Waals surface area contributed by atoms with Gasteiger partial charge in [-0.1, -0.05) is 6.07 Å². The molecule has 4 nitrogen and oxygen atoms in total. The number of hydrogen-bond donors (Lipinski definition) is 2. The summed E-state index contributed by atoms with van der Waals surface area (Å²) < 4.78 is 5.10. The molecule has 0 aliphatic carbocycles. The highest BCUT2D eigenvalue weighted by Gasteiger charge is 2.01. The molecule has 1 aromatic heterocycles. The van der Waals surface area contributed by atoms with Crippen molar-refractivity contribution in [2.45, 2.75) is 6.54 Å². The van der Waals surface area contributed by atoms with Gasteiger partial charge in [0, 0.05) is 17.8 Å². The maximum atomic E-state index is 5.23. The number of aromatic nitrogens is 1. The average molecular weight is 274 g/mol. The van der Waals surface area contributed by atoms with Gasteiger partial charge in [-0.2, -0.15) is 0 Å². The zero-order chi connectivity index (χ0) is 13.5. The minimum absolute atomic E-state index is 0.586. The molecule has 0 bridgehead atoms. The number of aromatic amines is 1. The molecule has 1 aromatic carbocycles. The third kappa shape index (κ3) is 4.22. The first-order chi connectivity index (χ1) is 9.28. The van der Waals surface area contributed by atoms with Crippen LogP contribution in [0.15, 0.2) is 48.7 Å². The van der Waals surface area contributed by atoms with Crippen molar-refractivity contribution in [2.75, 3.05) is 12.4 Å². The molecule has 0 saturated carbocycles. The highest BCUT2D eigenvalue weighted by Crippen LogP contribution is 2.14. The van der Waals surface area contributed by atoms with Crippen LogP contribution in [0.2, 0.25) is 0 Å². The number of pyridine rings is 1. The van der Waals surface area contributed by atoms with Gasteiger partial charge in [-0.25, -0.2) is 4.98 Å². The van der Waals surface area contributed by atoms with Crippen molar-refractivity contribution in [2.24, 2.45) is 0 Å². The van der Waals surface area contributed by atoms with E-state index in [1.165, 1.54) is 0 Å². The SMILES string of the molecule is COc1ccc(NC(=S)NCc2cccc[nH+]2)cc1. The molecule has 0 atom stereocenters. The molecule has 0 saturated heterocycles. The van der Waals surface area contributed by atoms with Gasteiger partial charge in [0.15, 0.2) is 17.0 Å². The van der Waals surface area contributed by atoms with E-state index in [2.05, 4.69) is 15.6 Å². The number of nitrogens with one attached hydrogen (secondary N) is 3. The van der Waals surface area contributed by atoms with Crippen molar-refractivity contribution in [3.05, 3.63) is 54.4 Å². The van der Waals surface area contributed by atoms with Crippen molar-refractivity contribution in [1.82, 2.24) is 5.32 Å². The lowest BCUT2D eigenvalue weighted by molar-refractivity contribution is -0.390. The summed E-state index contributed by atoms with van der Waals surface area (Å²) in [5.41, 5.74) is 2.00. The van der Waals surface area contributed by atoms with Crippen LogP contribution in [0.1, 0.15) is 5.69 Å². The third-order valence-corrected chi connectivity index (χ3v) is 2.81. The summed E-state index contributed by atoms with van der Waals surface area (Å²) in [5.74, 6) is 0.823. The minimum Gasteiger partial charge on any atom is -0.497 e. The predicted octanol–water partition coefficient (Wildman–Crippen LogP) is 2.00. The van der Waals surface area contributed by atoms with Crippen LogP contribution in [0.4, 0.5) is 5.69 Å². The zero-order valence-corrected chi connectivity index (χ0v) is 11.5. The van der Waals surface area contributed by atoms with E-state index in [4.69, 9.17) is 17.0 Å². The van der Waals surface area contributed by atoms with E-state index in [0.717, 1.165) is 17.1 Å². The quantitative estimate of drug-likeness (QED) is 0.837. The highest BCUT2D eigenvalue weighted by molar-refractivity contribution is 7.80. The van der Waals surface area contributed by atoms with Gasteiger partial charge in [-0.3, -0.25) is 0 Å². The fourth-order valence-electron chi connectivity index (χ4n) is 1.57. The van der Waals surface area contributed by atoms with Crippen LogP contribution in [0.25, 0.3) is 0 Å². The van der Waals surface area contributed by atoms with Crippen LogP contribution in [0.5, 0.6) is 5.75 Å². The molecule has 98 valence electrons. The number of rotatable bonds is 4. The molecule has 5 heteroatoms. The molecule has 0 fully saturated rings. The van der Waals surface area contributed by atoms with Crippen LogP contribution in [0.3, 0.4) is 0 Å². The molecule has 0 unspecified atom stereocenters. The van der Waals surface area contributed by atoms with Crippen LogP contribution >= 0.6 is 12.2 Å². The lowest BCUT2D eigenvalue weighted by Gasteiger charge is -2.09. The summed E-state index contributed by atoms with van der Waals surface area (Å²) in [6.07, 6.45) is 1.89. The topological polar surface area (TPSA) is 47.4 Å². The van der Waals surface area contributed by atoms with E-state index >= 15 is 0 Å². The number of ether oxygens (including phenoxy) is 1. The van der Waals surface area contributed by atoms with Crippen molar-refractivity contribution >= 4 is 23.0 Å². The second-order valence-corrected chi connectivity index (χ2v) is 4.33. The summed E-state index contributed by atoms with van der Waals surface area (Å²) in [5, 5.41) is 6.83. The Hall–Kier alpha value is -2.14. The summed E-state index contributed by atoms with van der Waals surface area (Å²) in [6.45, 7) is 0.656. The van der Waals surface area contributed by atoms with E-state index in [1.54, 1.807) is 7.11 Å². The molecule has 0 radical (unpaired) electrons. The number of thiocarbonyl (C=S) groups is 1. The zero-order valence-electron chi connectivity index (χ0n) is 10.6. The Kier molecular flexibility index (Phi) is 4.69. The molecule has 3 N–H and O–H groups in total. The van der Waals surface area contributed by atoms with Gasteiger partial charge in [0.1, 0.15) is 12.3 Å². The van der Waals surface area contributed by atoms with Gasteiger partial charge >= 0.3 is 0 Å². The maximum absolute atomic E-state index is 5.23. The Morgan fingerprint density at radius 1 is 1.21 bits per heavy atom. The molecule has 2 aromatic rings.